The van der Waals surface area contributed by atoms with Crippen molar-refractivity contribution in [3.63, 3.8) is 0 Å². The fourth-order valence-corrected chi connectivity index (χ4v) is 8.14. The summed E-state index contributed by atoms with van der Waals surface area (Å²) < 4.78 is 24.1. The molecule has 2 aliphatic heterocycles. The standard InChI is InChI=1S/C31H49NO9.ClH.H2O/c1-10-28(7)16-19(33)31(37)29(8)20(39-21(34)17-32-26(2,3)4)13-14-27(5,6)23(29)22(35)24(30(31,9)41-28)40-25(36)18-12-11-15-38-18;;/h10,18,20,22-24,32,35,37H,1,11-17H2,2-9H3;1H;1H2/t18?,20-,22-,23-,24-,28-,29-,30+,31-;;/m0../s1. The largest absolute Gasteiger partial charge is 0.461 e. The van der Waals surface area contributed by atoms with E-state index in [4.69, 9.17) is 18.9 Å². The second-order valence-electron chi connectivity index (χ2n) is 14.8. The number of hydrogen-bond acceptors (Lipinski definition) is 10. The number of carbonyl (C=O) groups is 3. The second kappa shape index (κ2) is 12.3. The van der Waals surface area contributed by atoms with Crippen LogP contribution in [0.5, 0.6) is 0 Å². The Kier molecular flexibility index (Phi) is 10.8. The van der Waals surface area contributed by atoms with Gasteiger partial charge in [0.25, 0.3) is 0 Å². The molecule has 43 heavy (non-hydrogen) atoms. The Hall–Kier alpha value is -1.60. The molecule has 0 aromatic carbocycles. The monoisotopic (exact) mass is 633 g/mol. The minimum Gasteiger partial charge on any atom is -0.461 e. The zero-order valence-electron chi connectivity index (χ0n) is 26.8. The normalized spacial score (nSPS) is 41.9. The maximum Gasteiger partial charge on any atom is 0.335 e. The van der Waals surface area contributed by atoms with Crippen molar-refractivity contribution < 1.29 is 49.0 Å². The smallest absolute Gasteiger partial charge is 0.335 e. The number of ether oxygens (including phenoxy) is 4. The van der Waals surface area contributed by atoms with Crippen LogP contribution in [0.15, 0.2) is 12.7 Å². The second-order valence-corrected chi connectivity index (χ2v) is 14.8. The SMILES string of the molecule is C=C[C@@]1(C)CC(=O)[C@]2(O)[C@@]3(C)[C@@H](OC(=O)CNC(C)(C)C)CCC(C)(C)[C@@H]3[C@H](O)[C@H](OC(=O)C3CCCO3)[C@@]2(C)O1.Cl.O. The summed E-state index contributed by atoms with van der Waals surface area (Å²) in [6, 6.07) is 0. The van der Waals surface area contributed by atoms with Crippen molar-refractivity contribution in [2.45, 2.75) is 134 Å². The summed E-state index contributed by atoms with van der Waals surface area (Å²) >= 11 is 0. The highest BCUT2D eigenvalue weighted by Gasteiger charge is 2.82. The third kappa shape index (κ3) is 6.03. The Morgan fingerprint density at radius 2 is 1.77 bits per heavy atom. The van der Waals surface area contributed by atoms with Crippen LogP contribution in [0.1, 0.15) is 87.5 Å². The number of hydrogen-bond donors (Lipinski definition) is 3. The number of aliphatic hydroxyl groups excluding tert-OH is 1. The van der Waals surface area contributed by atoms with Crippen LogP contribution in [0.4, 0.5) is 0 Å². The molecule has 0 aromatic heterocycles. The Balaban J connectivity index is 0.00000323. The van der Waals surface area contributed by atoms with Crippen LogP contribution < -0.4 is 5.32 Å². The number of esters is 2. The number of carbonyl (C=O) groups excluding carboxylic acids is 3. The molecule has 0 radical (unpaired) electrons. The van der Waals surface area contributed by atoms with Gasteiger partial charge in [-0.2, -0.15) is 0 Å². The first-order valence-electron chi connectivity index (χ1n) is 14.8. The highest BCUT2D eigenvalue weighted by molar-refractivity contribution is 5.92. The average molecular weight is 634 g/mol. The third-order valence-corrected chi connectivity index (χ3v) is 10.2. The van der Waals surface area contributed by atoms with Gasteiger partial charge in [0.15, 0.2) is 23.6 Å². The predicted molar refractivity (Wildman–Crippen MR) is 161 cm³/mol. The van der Waals surface area contributed by atoms with E-state index < -0.39 is 75.7 Å². The highest BCUT2D eigenvalue weighted by Crippen LogP contribution is 2.67. The molecule has 4 aliphatic rings. The van der Waals surface area contributed by atoms with Crippen molar-refractivity contribution in [3.8, 4) is 0 Å². The zero-order valence-corrected chi connectivity index (χ0v) is 27.6. The summed E-state index contributed by atoms with van der Waals surface area (Å²) in [5, 5.41) is 28.2. The maximum atomic E-state index is 14.3. The van der Waals surface area contributed by atoms with Gasteiger partial charge < -0.3 is 40.0 Å². The van der Waals surface area contributed by atoms with Gasteiger partial charge >= 0.3 is 11.9 Å². The van der Waals surface area contributed by atoms with Gasteiger partial charge in [0.1, 0.15) is 11.7 Å². The molecule has 2 aliphatic carbocycles. The van der Waals surface area contributed by atoms with Gasteiger partial charge in [-0.1, -0.05) is 26.8 Å². The van der Waals surface area contributed by atoms with Crippen LogP contribution in [0.3, 0.4) is 0 Å². The summed E-state index contributed by atoms with van der Waals surface area (Å²) in [6.07, 6.45) is -1.16. The molecule has 248 valence electrons. The molecule has 0 bridgehead atoms. The number of Topliss-reactive ketones (excluding diaryl/α,β-unsaturated/α-hetero) is 1. The average Bonchev–Trinajstić information content (AvgIpc) is 3.40. The van der Waals surface area contributed by atoms with Crippen molar-refractivity contribution >= 4 is 30.1 Å². The van der Waals surface area contributed by atoms with Gasteiger partial charge in [0, 0.05) is 29.9 Å². The van der Waals surface area contributed by atoms with E-state index in [0.29, 0.717) is 32.3 Å². The van der Waals surface area contributed by atoms with Crippen LogP contribution in [0.25, 0.3) is 0 Å². The molecule has 2 saturated heterocycles. The van der Waals surface area contributed by atoms with Crippen LogP contribution in [-0.4, -0.2) is 93.3 Å². The Morgan fingerprint density at radius 3 is 2.30 bits per heavy atom. The van der Waals surface area contributed by atoms with Gasteiger partial charge in [0.2, 0.25) is 0 Å². The minimum absolute atomic E-state index is 0. The van der Waals surface area contributed by atoms with Crippen LogP contribution in [-0.2, 0) is 33.3 Å². The number of rotatable bonds is 6. The van der Waals surface area contributed by atoms with Crippen molar-refractivity contribution in [1.82, 2.24) is 5.32 Å². The van der Waals surface area contributed by atoms with E-state index in [9.17, 15) is 24.6 Å². The maximum absolute atomic E-state index is 14.3. The summed E-state index contributed by atoms with van der Waals surface area (Å²) in [4.78, 5) is 40.7. The molecule has 0 spiro atoms. The van der Waals surface area contributed by atoms with Gasteiger partial charge in [-0.05, 0) is 65.7 Å². The Bertz CT molecular complexity index is 1090. The van der Waals surface area contributed by atoms with Gasteiger partial charge in [-0.25, -0.2) is 4.79 Å². The topological polar surface area (TPSA) is 172 Å². The van der Waals surface area contributed by atoms with E-state index in [1.807, 2.05) is 34.6 Å². The van der Waals surface area contributed by atoms with Crippen molar-refractivity contribution in [3.05, 3.63) is 12.7 Å². The molecular formula is C31H52ClNO10. The molecule has 0 amide bonds. The lowest BCUT2D eigenvalue weighted by atomic mass is 9.39. The van der Waals surface area contributed by atoms with E-state index in [1.165, 1.54) is 13.0 Å². The molecule has 12 heteroatoms. The third-order valence-electron chi connectivity index (χ3n) is 10.2. The molecule has 2 saturated carbocycles. The molecule has 2 heterocycles. The molecule has 5 N–H and O–H groups in total. The predicted octanol–water partition coefficient (Wildman–Crippen LogP) is 2.22. The number of ketones is 1. The lowest BCUT2D eigenvalue weighted by molar-refractivity contribution is -0.371. The molecule has 1 unspecified atom stereocenters. The lowest BCUT2D eigenvalue weighted by Gasteiger charge is -2.71. The quantitative estimate of drug-likeness (QED) is 0.291. The van der Waals surface area contributed by atoms with Crippen molar-refractivity contribution in [2.24, 2.45) is 16.7 Å². The van der Waals surface area contributed by atoms with Crippen LogP contribution in [0, 0.1) is 16.7 Å². The van der Waals surface area contributed by atoms with E-state index in [-0.39, 0.29) is 36.4 Å². The van der Waals surface area contributed by atoms with E-state index in [1.54, 1.807) is 13.8 Å². The fraction of sp³-hybridized carbons (Fsp3) is 0.839. The van der Waals surface area contributed by atoms with Crippen molar-refractivity contribution in [1.29, 1.82) is 0 Å². The molecular weight excluding hydrogens is 582 g/mol. The van der Waals surface area contributed by atoms with E-state index in [2.05, 4.69) is 11.9 Å². The summed E-state index contributed by atoms with van der Waals surface area (Å²) in [7, 11) is 0. The highest BCUT2D eigenvalue weighted by atomic mass is 35.5. The summed E-state index contributed by atoms with van der Waals surface area (Å²) in [5.41, 5.74) is -7.87. The Labute approximate surface area is 261 Å². The first-order valence-corrected chi connectivity index (χ1v) is 14.8. The first-order chi connectivity index (χ1) is 18.8. The van der Waals surface area contributed by atoms with Crippen LogP contribution in [0.2, 0.25) is 0 Å². The first kappa shape index (κ1) is 37.6. The van der Waals surface area contributed by atoms with E-state index >= 15 is 0 Å². The molecule has 11 nitrogen and oxygen atoms in total. The molecule has 4 rings (SSSR count). The van der Waals surface area contributed by atoms with Crippen LogP contribution >= 0.6 is 12.4 Å². The number of nitrogens with one attached hydrogen (secondary N) is 1. The molecule has 0 aromatic rings. The number of aliphatic hydroxyl groups is 2. The van der Waals surface area contributed by atoms with E-state index in [0.717, 1.165) is 0 Å². The number of halogens is 1. The molecule has 4 fully saturated rings. The van der Waals surface area contributed by atoms with Gasteiger partial charge in [-0.15, -0.1) is 19.0 Å². The van der Waals surface area contributed by atoms with Gasteiger partial charge in [-0.3, -0.25) is 9.59 Å². The lowest BCUT2D eigenvalue weighted by Crippen LogP contribution is -2.87. The summed E-state index contributed by atoms with van der Waals surface area (Å²) in [6.45, 7) is 18.8. The fourth-order valence-electron chi connectivity index (χ4n) is 8.14. The number of fused-ring (bicyclic) bond motifs is 3. The van der Waals surface area contributed by atoms with Gasteiger partial charge in [0.05, 0.1) is 18.2 Å². The zero-order chi connectivity index (χ0) is 30.8. The molecule has 9 atom stereocenters. The Morgan fingerprint density at radius 1 is 1.14 bits per heavy atom. The minimum atomic E-state index is -2.30. The summed E-state index contributed by atoms with van der Waals surface area (Å²) in [5.74, 6) is -2.56. The van der Waals surface area contributed by atoms with Crippen molar-refractivity contribution in [2.75, 3.05) is 13.2 Å².